The summed E-state index contributed by atoms with van der Waals surface area (Å²) in [6, 6.07) is 5.88. The summed E-state index contributed by atoms with van der Waals surface area (Å²) in [7, 11) is 2.16. The van der Waals surface area contributed by atoms with Crippen molar-refractivity contribution in [3.63, 3.8) is 0 Å². The van der Waals surface area contributed by atoms with E-state index in [0.29, 0.717) is 32.0 Å². The minimum atomic E-state index is -5.08. The van der Waals surface area contributed by atoms with Crippen molar-refractivity contribution in [3.05, 3.63) is 30.1 Å². The summed E-state index contributed by atoms with van der Waals surface area (Å²) in [4.78, 5) is 39.2. The van der Waals surface area contributed by atoms with Crippen molar-refractivity contribution < 1.29 is 60.8 Å². The SMILES string of the molecule is CN1C[C@@H](COCc2ccccn2)[C@]2(CCN(C(=O)C3CC(O)C3)C2)C1.O=C(O)C(F)(F)F.O=C(O)C(F)(F)F. The first kappa shape index (κ1) is 33.2. The average Bonchev–Trinajstić information content (AvgIpc) is 3.39. The van der Waals surface area contributed by atoms with E-state index in [4.69, 9.17) is 24.5 Å². The van der Waals surface area contributed by atoms with Crippen molar-refractivity contribution >= 4 is 17.8 Å². The fourth-order valence-electron chi connectivity index (χ4n) is 4.91. The van der Waals surface area contributed by atoms with E-state index in [0.717, 1.165) is 38.3 Å². The molecule has 2 atom stereocenters. The highest BCUT2D eigenvalue weighted by molar-refractivity contribution is 5.80. The Morgan fingerprint density at radius 3 is 2.10 bits per heavy atom. The second-order valence-electron chi connectivity index (χ2n) is 10.0. The number of aliphatic carboxylic acids is 2. The number of halogens is 6. The minimum Gasteiger partial charge on any atom is -0.475 e. The van der Waals surface area contributed by atoms with Crippen molar-refractivity contribution in [3.8, 4) is 0 Å². The van der Waals surface area contributed by atoms with Crippen LogP contribution in [0.5, 0.6) is 0 Å². The lowest BCUT2D eigenvalue weighted by Gasteiger charge is -2.35. The molecule has 1 aromatic rings. The molecule has 2 aliphatic heterocycles. The second-order valence-corrected chi connectivity index (χ2v) is 10.0. The first-order valence-electron chi connectivity index (χ1n) is 12.2. The Bertz CT molecular complexity index is 981. The molecule has 1 amide bonds. The van der Waals surface area contributed by atoms with Gasteiger partial charge in [-0.3, -0.25) is 9.78 Å². The van der Waals surface area contributed by atoms with Gasteiger partial charge in [0.2, 0.25) is 5.91 Å². The van der Waals surface area contributed by atoms with Crippen LogP contribution in [0.4, 0.5) is 26.3 Å². The number of hydrogen-bond acceptors (Lipinski definition) is 7. The molecule has 4 rings (SSSR count). The quantitative estimate of drug-likeness (QED) is 0.443. The van der Waals surface area contributed by atoms with Crippen molar-refractivity contribution in [1.29, 1.82) is 0 Å². The van der Waals surface area contributed by atoms with E-state index in [2.05, 4.69) is 16.9 Å². The molecule has 3 heterocycles. The van der Waals surface area contributed by atoms with E-state index in [1.807, 2.05) is 23.1 Å². The van der Waals surface area contributed by atoms with Crippen molar-refractivity contribution in [2.75, 3.05) is 39.8 Å². The van der Waals surface area contributed by atoms with E-state index >= 15 is 0 Å². The number of aliphatic hydroxyl groups is 1. The zero-order valence-electron chi connectivity index (χ0n) is 21.5. The molecule has 0 unspecified atom stereocenters. The standard InChI is InChI=1S/C20H29N3O3.2C2HF3O2/c1-22-10-16(11-26-12-17-4-2-3-6-21-17)20(13-22)5-7-23(14-20)19(25)15-8-18(24)9-15;2*3-2(4,5)1(6)7/h2-4,6,15-16,18,24H,5,7-14H2,1H3;2*(H,6,7)/t15?,16-,18?,20+;;/m0../s1. The summed E-state index contributed by atoms with van der Waals surface area (Å²) < 4.78 is 69.5. The smallest absolute Gasteiger partial charge is 0.475 e. The largest absolute Gasteiger partial charge is 0.490 e. The third kappa shape index (κ3) is 9.59. The minimum absolute atomic E-state index is 0.0399. The molecule has 1 saturated carbocycles. The predicted octanol–water partition coefficient (Wildman–Crippen LogP) is 2.42. The van der Waals surface area contributed by atoms with Gasteiger partial charge >= 0.3 is 24.3 Å². The number of carbonyl (C=O) groups is 3. The van der Waals surface area contributed by atoms with Gasteiger partial charge < -0.3 is 29.9 Å². The molecule has 0 radical (unpaired) electrons. The molecule has 0 bridgehead atoms. The van der Waals surface area contributed by atoms with Crippen LogP contribution in [0.25, 0.3) is 0 Å². The molecule has 226 valence electrons. The molecule has 3 fully saturated rings. The normalized spacial score (nSPS) is 26.3. The van der Waals surface area contributed by atoms with Crippen LogP contribution in [-0.2, 0) is 25.7 Å². The Morgan fingerprint density at radius 1 is 1.05 bits per heavy atom. The van der Waals surface area contributed by atoms with E-state index < -0.39 is 24.3 Å². The lowest BCUT2D eigenvalue weighted by Crippen LogP contribution is -2.44. The number of pyridine rings is 1. The molecular weight excluding hydrogens is 556 g/mol. The van der Waals surface area contributed by atoms with E-state index in [9.17, 15) is 36.2 Å². The van der Waals surface area contributed by atoms with E-state index in [-0.39, 0.29) is 23.3 Å². The predicted molar refractivity (Wildman–Crippen MR) is 125 cm³/mol. The Balaban J connectivity index is 0.000000333. The zero-order valence-corrected chi connectivity index (χ0v) is 21.5. The maximum absolute atomic E-state index is 12.7. The van der Waals surface area contributed by atoms with Gasteiger partial charge in [0.05, 0.1) is 25.0 Å². The number of aromatic nitrogens is 1. The van der Waals surface area contributed by atoms with E-state index in [1.54, 1.807) is 6.20 Å². The number of amides is 1. The van der Waals surface area contributed by atoms with E-state index in [1.165, 1.54) is 0 Å². The summed E-state index contributed by atoms with van der Waals surface area (Å²) in [5.41, 5.74) is 1.11. The number of alkyl halides is 6. The Morgan fingerprint density at radius 2 is 1.62 bits per heavy atom. The molecule has 3 aliphatic rings. The zero-order chi connectivity index (χ0) is 30.3. The summed E-state index contributed by atoms with van der Waals surface area (Å²) in [5, 5.41) is 23.7. The molecule has 3 N–H and O–H groups in total. The molecule has 40 heavy (non-hydrogen) atoms. The number of ether oxygens (including phenoxy) is 1. The van der Waals surface area contributed by atoms with Gasteiger partial charge in [0.25, 0.3) is 0 Å². The molecule has 10 nitrogen and oxygen atoms in total. The number of carbonyl (C=O) groups excluding carboxylic acids is 1. The number of aliphatic hydroxyl groups excluding tert-OH is 1. The maximum atomic E-state index is 12.7. The van der Waals surface area contributed by atoms with Crippen LogP contribution in [0.2, 0.25) is 0 Å². The van der Waals surface area contributed by atoms with Gasteiger partial charge in [-0.1, -0.05) is 6.07 Å². The molecular formula is C24H31F6N3O7. The molecule has 0 aromatic carbocycles. The fourth-order valence-corrected chi connectivity index (χ4v) is 4.91. The summed E-state index contributed by atoms with van der Waals surface area (Å²) in [6.07, 6.45) is -6.32. The summed E-state index contributed by atoms with van der Waals surface area (Å²) >= 11 is 0. The number of likely N-dealkylation sites (tertiary alicyclic amines) is 2. The first-order chi connectivity index (χ1) is 18.4. The highest BCUT2D eigenvalue weighted by Crippen LogP contribution is 2.44. The second kappa shape index (κ2) is 13.6. The molecule has 1 aliphatic carbocycles. The van der Waals surface area contributed by atoms with Crippen LogP contribution in [0.1, 0.15) is 25.0 Å². The lowest BCUT2D eigenvalue weighted by atomic mass is 9.77. The molecule has 1 spiro atoms. The van der Waals surface area contributed by atoms with Gasteiger partial charge in [0.1, 0.15) is 0 Å². The molecule has 2 saturated heterocycles. The van der Waals surface area contributed by atoms with Crippen LogP contribution in [0.15, 0.2) is 24.4 Å². The third-order valence-electron chi connectivity index (χ3n) is 6.92. The molecule has 16 heteroatoms. The van der Waals surface area contributed by atoms with Crippen LogP contribution in [-0.4, -0.2) is 106 Å². The van der Waals surface area contributed by atoms with Crippen LogP contribution in [0, 0.1) is 17.3 Å². The summed E-state index contributed by atoms with van der Waals surface area (Å²) in [6.45, 7) is 4.98. The van der Waals surface area contributed by atoms with Gasteiger partial charge in [-0.2, -0.15) is 26.3 Å². The van der Waals surface area contributed by atoms with Gasteiger partial charge in [-0.25, -0.2) is 9.59 Å². The number of hydrogen-bond donors (Lipinski definition) is 3. The van der Waals surface area contributed by atoms with Crippen LogP contribution in [0.3, 0.4) is 0 Å². The van der Waals surface area contributed by atoms with Gasteiger partial charge in [0.15, 0.2) is 0 Å². The van der Waals surface area contributed by atoms with Crippen LogP contribution >= 0.6 is 0 Å². The molecule has 1 aromatic heterocycles. The average molecular weight is 588 g/mol. The van der Waals surface area contributed by atoms with Crippen molar-refractivity contribution in [1.82, 2.24) is 14.8 Å². The highest BCUT2D eigenvalue weighted by atomic mass is 19.4. The van der Waals surface area contributed by atoms with Gasteiger partial charge in [0, 0.05) is 49.6 Å². The topological polar surface area (TPSA) is 140 Å². The van der Waals surface area contributed by atoms with Gasteiger partial charge in [-0.05, 0) is 38.4 Å². The Labute approximate surface area is 225 Å². The van der Waals surface area contributed by atoms with Crippen molar-refractivity contribution in [2.24, 2.45) is 17.3 Å². The van der Waals surface area contributed by atoms with Crippen molar-refractivity contribution in [2.45, 2.75) is 44.3 Å². The number of carboxylic acids is 2. The lowest BCUT2D eigenvalue weighted by molar-refractivity contribution is -0.193. The first-order valence-corrected chi connectivity index (χ1v) is 12.2. The third-order valence-corrected chi connectivity index (χ3v) is 6.92. The number of nitrogens with zero attached hydrogens (tertiary/aromatic N) is 3. The maximum Gasteiger partial charge on any atom is 0.490 e. The number of rotatable bonds is 5. The fraction of sp³-hybridized carbons (Fsp3) is 0.667. The highest BCUT2D eigenvalue weighted by Gasteiger charge is 2.51. The monoisotopic (exact) mass is 587 g/mol. The van der Waals surface area contributed by atoms with Crippen LogP contribution < -0.4 is 0 Å². The summed E-state index contributed by atoms with van der Waals surface area (Å²) in [5.74, 6) is -4.78. The Kier molecular flexibility index (Phi) is 11.3. The Hall–Kier alpha value is -2.98. The van der Waals surface area contributed by atoms with Gasteiger partial charge in [-0.15, -0.1) is 0 Å². The number of carboxylic acid groups (broad SMARTS) is 2.